The highest BCUT2D eigenvalue weighted by Crippen LogP contribution is 2.39. The molecule has 1 aliphatic carbocycles. The van der Waals surface area contributed by atoms with Crippen LogP contribution in [0.2, 0.25) is 10.0 Å². The Labute approximate surface area is 266 Å². The quantitative estimate of drug-likeness (QED) is 0.363. The molecule has 1 saturated carbocycles. The lowest BCUT2D eigenvalue weighted by Crippen LogP contribution is -2.48. The zero-order valence-corrected chi connectivity index (χ0v) is 25.9. The SMILES string of the molecule is CN(C(=O)CN1C(=O)COc2cc(Cl)c(Cl)cc21)C(CN1CCOCC1)c1ccc(-c2ccc(C(=O)NC3CC3)cc2)cc1. The molecule has 44 heavy (non-hydrogen) atoms. The first-order valence-corrected chi connectivity index (χ1v) is 15.5. The standard InChI is InChI=1S/C33H34Cl2N4O5/c1-37(31(40)19-39-28-16-26(34)27(35)17-30(28)44-20-32(39)41)29(18-38-12-14-43-15-13-38)23-6-2-21(3-7-23)22-4-8-24(9-5-22)33(42)36-25-10-11-25/h2-9,16-17,25,29H,10-15,18-20H2,1H3,(H,36,42). The van der Waals surface area contributed by atoms with Crippen LogP contribution < -0.4 is 15.0 Å². The summed E-state index contributed by atoms with van der Waals surface area (Å²) in [5, 5.41) is 3.60. The molecule has 6 rings (SSSR count). The third kappa shape index (κ3) is 6.86. The maximum absolute atomic E-state index is 13.8. The van der Waals surface area contributed by atoms with Gasteiger partial charge < -0.3 is 19.7 Å². The van der Waals surface area contributed by atoms with Crippen LogP contribution >= 0.6 is 23.2 Å². The second-order valence-electron chi connectivity index (χ2n) is 11.4. The summed E-state index contributed by atoms with van der Waals surface area (Å²) in [5.74, 6) is -0.184. The average molecular weight is 638 g/mol. The molecule has 0 bridgehead atoms. The summed E-state index contributed by atoms with van der Waals surface area (Å²) in [4.78, 5) is 44.4. The summed E-state index contributed by atoms with van der Waals surface area (Å²) in [6, 6.07) is 18.9. The van der Waals surface area contributed by atoms with Crippen LogP contribution in [0.1, 0.15) is 34.8 Å². The summed E-state index contributed by atoms with van der Waals surface area (Å²) < 4.78 is 11.1. The van der Waals surface area contributed by atoms with Crippen LogP contribution in [0.3, 0.4) is 0 Å². The van der Waals surface area contributed by atoms with Gasteiger partial charge in [-0.2, -0.15) is 0 Å². The topological polar surface area (TPSA) is 91.4 Å². The smallest absolute Gasteiger partial charge is 0.265 e. The van der Waals surface area contributed by atoms with Gasteiger partial charge in [-0.3, -0.25) is 24.2 Å². The first-order chi connectivity index (χ1) is 21.3. The van der Waals surface area contributed by atoms with Crippen molar-refractivity contribution in [3.63, 3.8) is 0 Å². The molecular weight excluding hydrogens is 603 g/mol. The molecule has 1 atom stereocenters. The second-order valence-corrected chi connectivity index (χ2v) is 12.2. The third-order valence-corrected chi connectivity index (χ3v) is 9.04. The lowest BCUT2D eigenvalue weighted by molar-refractivity contribution is -0.133. The molecule has 3 amide bonds. The van der Waals surface area contributed by atoms with E-state index in [2.05, 4.69) is 10.2 Å². The summed E-state index contributed by atoms with van der Waals surface area (Å²) in [6.45, 7) is 3.08. The van der Waals surface area contributed by atoms with Gasteiger partial charge in [-0.1, -0.05) is 59.6 Å². The Morgan fingerprint density at radius 3 is 2.27 bits per heavy atom. The van der Waals surface area contributed by atoms with Gasteiger partial charge in [-0.25, -0.2) is 0 Å². The Bertz CT molecular complexity index is 1540. The number of ether oxygens (including phenoxy) is 2. The van der Waals surface area contributed by atoms with E-state index in [-0.39, 0.29) is 41.9 Å². The molecule has 1 saturated heterocycles. The number of hydrogen-bond donors (Lipinski definition) is 1. The number of hydrogen-bond acceptors (Lipinski definition) is 6. The number of amides is 3. The zero-order chi connectivity index (χ0) is 30.8. The van der Waals surface area contributed by atoms with Crippen molar-refractivity contribution in [1.29, 1.82) is 0 Å². The molecule has 1 N–H and O–H groups in total. The van der Waals surface area contributed by atoms with Gasteiger partial charge in [0.25, 0.3) is 11.8 Å². The van der Waals surface area contributed by atoms with E-state index in [9.17, 15) is 14.4 Å². The molecule has 0 aromatic heterocycles. The Morgan fingerprint density at radius 2 is 1.61 bits per heavy atom. The molecular formula is C33H34Cl2N4O5. The van der Waals surface area contributed by atoms with Gasteiger partial charge in [-0.15, -0.1) is 0 Å². The van der Waals surface area contributed by atoms with Crippen LogP contribution in [0.4, 0.5) is 5.69 Å². The lowest BCUT2D eigenvalue weighted by Gasteiger charge is -2.37. The Hall–Kier alpha value is -3.63. The first-order valence-electron chi connectivity index (χ1n) is 14.8. The molecule has 0 spiro atoms. The van der Waals surface area contributed by atoms with E-state index in [1.165, 1.54) is 4.90 Å². The summed E-state index contributed by atoms with van der Waals surface area (Å²) in [6.07, 6.45) is 2.10. The number of fused-ring (bicyclic) bond motifs is 1. The number of nitrogens with zero attached hydrogens (tertiary/aromatic N) is 3. The van der Waals surface area contributed by atoms with Crippen molar-refractivity contribution in [3.05, 3.63) is 81.8 Å². The van der Waals surface area contributed by atoms with Gasteiger partial charge in [0.05, 0.1) is 35.0 Å². The van der Waals surface area contributed by atoms with Crippen molar-refractivity contribution < 1.29 is 23.9 Å². The fraction of sp³-hybridized carbons (Fsp3) is 0.364. The predicted octanol–water partition coefficient (Wildman–Crippen LogP) is 4.81. The normalized spacial score (nSPS) is 17.4. The van der Waals surface area contributed by atoms with Crippen LogP contribution in [0.25, 0.3) is 11.1 Å². The van der Waals surface area contributed by atoms with Crippen LogP contribution in [0.5, 0.6) is 5.75 Å². The van der Waals surface area contributed by atoms with E-state index >= 15 is 0 Å². The molecule has 2 heterocycles. The number of rotatable bonds is 9. The molecule has 2 fully saturated rings. The summed E-state index contributed by atoms with van der Waals surface area (Å²) in [5.41, 5.74) is 4.04. The minimum Gasteiger partial charge on any atom is -0.482 e. The highest BCUT2D eigenvalue weighted by atomic mass is 35.5. The number of likely N-dealkylation sites (N-methyl/N-ethyl adjacent to an activating group) is 1. The van der Waals surface area contributed by atoms with Gasteiger partial charge in [0.2, 0.25) is 5.91 Å². The third-order valence-electron chi connectivity index (χ3n) is 8.32. The minimum absolute atomic E-state index is 0.0396. The molecule has 11 heteroatoms. The van der Waals surface area contributed by atoms with E-state index in [0.717, 1.165) is 42.6 Å². The van der Waals surface area contributed by atoms with Crippen molar-refractivity contribution in [2.75, 3.05) is 57.9 Å². The van der Waals surface area contributed by atoms with E-state index < -0.39 is 0 Å². The van der Waals surface area contributed by atoms with Crippen molar-refractivity contribution in [2.24, 2.45) is 0 Å². The zero-order valence-electron chi connectivity index (χ0n) is 24.4. The largest absolute Gasteiger partial charge is 0.482 e. The van der Waals surface area contributed by atoms with E-state index in [4.69, 9.17) is 32.7 Å². The van der Waals surface area contributed by atoms with Gasteiger partial charge in [0.1, 0.15) is 12.3 Å². The Kier molecular flexibility index (Phi) is 9.09. The Morgan fingerprint density at radius 1 is 0.977 bits per heavy atom. The molecule has 3 aromatic carbocycles. The molecule has 3 aliphatic rings. The highest BCUT2D eigenvalue weighted by Gasteiger charge is 2.32. The number of carbonyl (C=O) groups excluding carboxylic acids is 3. The van der Waals surface area contributed by atoms with Crippen molar-refractivity contribution in [3.8, 4) is 16.9 Å². The van der Waals surface area contributed by atoms with Crippen LogP contribution in [-0.2, 0) is 14.3 Å². The lowest BCUT2D eigenvalue weighted by atomic mass is 9.98. The predicted molar refractivity (Wildman–Crippen MR) is 169 cm³/mol. The monoisotopic (exact) mass is 636 g/mol. The van der Waals surface area contributed by atoms with Crippen LogP contribution in [-0.4, -0.2) is 86.6 Å². The maximum atomic E-state index is 13.8. The van der Waals surface area contributed by atoms with Crippen molar-refractivity contribution in [1.82, 2.24) is 15.1 Å². The fourth-order valence-electron chi connectivity index (χ4n) is 5.48. The molecule has 2 aliphatic heterocycles. The van der Waals surface area contributed by atoms with Gasteiger partial charge in [-0.05, 0) is 47.7 Å². The van der Waals surface area contributed by atoms with E-state index in [1.807, 2.05) is 48.5 Å². The molecule has 0 radical (unpaired) electrons. The fourth-order valence-corrected chi connectivity index (χ4v) is 5.79. The van der Waals surface area contributed by atoms with E-state index in [0.29, 0.717) is 47.8 Å². The number of carbonyl (C=O) groups is 3. The number of anilines is 1. The second kappa shape index (κ2) is 13.2. The average Bonchev–Trinajstić information content (AvgIpc) is 3.86. The van der Waals surface area contributed by atoms with Crippen molar-refractivity contribution in [2.45, 2.75) is 24.9 Å². The number of morpholine rings is 1. The molecule has 3 aromatic rings. The number of nitrogens with one attached hydrogen (secondary N) is 1. The molecule has 1 unspecified atom stereocenters. The summed E-state index contributed by atoms with van der Waals surface area (Å²) in [7, 11) is 1.77. The van der Waals surface area contributed by atoms with Gasteiger partial charge >= 0.3 is 0 Å². The minimum atomic E-state index is -0.331. The maximum Gasteiger partial charge on any atom is 0.265 e. The van der Waals surface area contributed by atoms with Crippen LogP contribution in [0.15, 0.2) is 60.7 Å². The number of halogens is 2. The first kappa shape index (κ1) is 30.4. The Balaban J connectivity index is 1.21. The van der Waals surface area contributed by atoms with E-state index in [1.54, 1.807) is 24.1 Å². The van der Waals surface area contributed by atoms with Gasteiger partial charge in [0, 0.05) is 44.4 Å². The van der Waals surface area contributed by atoms with Crippen molar-refractivity contribution >= 4 is 46.6 Å². The van der Waals surface area contributed by atoms with Gasteiger partial charge in [0.15, 0.2) is 6.61 Å². The number of benzene rings is 3. The molecule has 230 valence electrons. The molecule has 9 nitrogen and oxygen atoms in total. The summed E-state index contributed by atoms with van der Waals surface area (Å²) >= 11 is 12.4. The highest BCUT2D eigenvalue weighted by molar-refractivity contribution is 6.42. The van der Waals surface area contributed by atoms with Crippen LogP contribution in [0, 0.1) is 0 Å².